The zero-order valence-electron chi connectivity index (χ0n) is 22.1. The third-order valence-electron chi connectivity index (χ3n) is 6.82. The molecule has 0 saturated carbocycles. The van der Waals surface area contributed by atoms with E-state index < -0.39 is 17.2 Å². The largest absolute Gasteiger partial charge is 0.294 e. The zero-order chi connectivity index (χ0) is 28.2. The van der Waals surface area contributed by atoms with E-state index in [1.54, 1.807) is 31.0 Å². The Morgan fingerprint density at radius 3 is 2.65 bits per heavy atom. The smallest absolute Gasteiger partial charge is 0.278 e. The highest BCUT2D eigenvalue weighted by Crippen LogP contribution is 2.17. The lowest BCUT2D eigenvalue weighted by molar-refractivity contribution is 0.0982. The number of allylic oxidation sites excluding steroid dienone is 1. The number of nitrogens with zero attached hydrogens (tertiary/aromatic N) is 5. The molecule has 40 heavy (non-hydrogen) atoms. The molecule has 3 aromatic heterocycles. The number of hydrogen-bond acceptors (Lipinski definition) is 5. The van der Waals surface area contributed by atoms with Crippen LogP contribution in [0.5, 0.6) is 0 Å². The van der Waals surface area contributed by atoms with Crippen molar-refractivity contribution in [3.8, 4) is 0 Å². The maximum atomic E-state index is 13.6. The van der Waals surface area contributed by atoms with Gasteiger partial charge in [-0.25, -0.2) is 23.4 Å². The highest BCUT2D eigenvalue weighted by Gasteiger charge is 2.21. The third-order valence-corrected chi connectivity index (χ3v) is 6.82. The Kier molecular flexibility index (Phi) is 7.72. The molecule has 9 heteroatoms. The van der Waals surface area contributed by atoms with Crippen LogP contribution in [0.15, 0.2) is 77.9 Å². The molecule has 0 aliphatic rings. The van der Waals surface area contributed by atoms with Crippen molar-refractivity contribution in [1.82, 2.24) is 24.3 Å². The van der Waals surface area contributed by atoms with E-state index in [2.05, 4.69) is 15.0 Å². The highest BCUT2D eigenvalue weighted by molar-refractivity contribution is 5.97. The van der Waals surface area contributed by atoms with Crippen molar-refractivity contribution in [2.24, 2.45) is 7.05 Å². The normalized spacial score (nSPS) is 11.5. The first-order chi connectivity index (χ1) is 19.3. The van der Waals surface area contributed by atoms with Gasteiger partial charge < -0.3 is 0 Å². The van der Waals surface area contributed by atoms with Crippen LogP contribution in [0, 0.1) is 18.6 Å². The minimum atomic E-state index is -0.983. The Balaban J connectivity index is 1.23. The Morgan fingerprint density at radius 1 is 1.02 bits per heavy atom. The van der Waals surface area contributed by atoms with Gasteiger partial charge in [-0.15, -0.1) is 0 Å². The van der Waals surface area contributed by atoms with Gasteiger partial charge in [-0.1, -0.05) is 30.4 Å². The molecule has 0 N–H and O–H groups in total. The first kappa shape index (κ1) is 26.8. The lowest BCUT2D eigenvalue weighted by Crippen LogP contribution is -2.25. The molecule has 0 amide bonds. The lowest BCUT2D eigenvalue weighted by Gasteiger charge is -2.08. The topological polar surface area (TPSA) is 82.7 Å². The standard InChI is InChI=1S/C31H27F2N5O2/c1-20-30(31(40)38(37(20)2)19-22-10-12-25(32)26(33)16-22)28(39)9-4-3-7-21-11-13-27-23(15-21)18-35-29(36-27)17-24-8-5-6-14-34-24/h3,5-8,10-16,18H,4,9,17,19H2,1-2H3/b7-3+. The van der Waals surface area contributed by atoms with Crippen molar-refractivity contribution in [3.63, 3.8) is 0 Å². The maximum Gasteiger partial charge on any atom is 0.278 e. The zero-order valence-corrected chi connectivity index (χ0v) is 22.1. The molecule has 0 radical (unpaired) electrons. The summed E-state index contributed by atoms with van der Waals surface area (Å²) in [5.74, 6) is -1.50. The van der Waals surface area contributed by atoms with E-state index in [0.29, 0.717) is 29.9 Å². The fourth-order valence-electron chi connectivity index (χ4n) is 4.58. The Labute approximate surface area is 229 Å². The number of halogens is 2. The number of ketones is 1. The number of rotatable bonds is 9. The van der Waals surface area contributed by atoms with Gasteiger partial charge in [-0.3, -0.25) is 19.3 Å². The van der Waals surface area contributed by atoms with E-state index in [4.69, 9.17) is 0 Å². The molecule has 0 atom stereocenters. The summed E-state index contributed by atoms with van der Waals surface area (Å²) in [4.78, 5) is 39.4. The molecule has 3 heterocycles. The second-order valence-corrected chi connectivity index (χ2v) is 9.56. The Hall–Kier alpha value is -4.79. The van der Waals surface area contributed by atoms with E-state index in [0.717, 1.165) is 34.3 Å². The van der Waals surface area contributed by atoms with Gasteiger partial charge >= 0.3 is 0 Å². The summed E-state index contributed by atoms with van der Waals surface area (Å²) in [5, 5.41) is 0.907. The minimum Gasteiger partial charge on any atom is -0.294 e. The van der Waals surface area contributed by atoms with Crippen LogP contribution in [0.4, 0.5) is 8.78 Å². The van der Waals surface area contributed by atoms with Gasteiger partial charge in [0.05, 0.1) is 18.5 Å². The maximum absolute atomic E-state index is 13.6. The summed E-state index contributed by atoms with van der Waals surface area (Å²) in [6.45, 7) is 1.72. The fraction of sp³-hybridized carbons (Fsp3) is 0.194. The van der Waals surface area contributed by atoms with Crippen molar-refractivity contribution >= 4 is 22.8 Å². The number of aromatic nitrogens is 5. The first-order valence-corrected chi connectivity index (χ1v) is 12.9. The summed E-state index contributed by atoms with van der Waals surface area (Å²) in [6, 6.07) is 15.1. The summed E-state index contributed by atoms with van der Waals surface area (Å²) in [5.41, 5.74) is 3.31. The second kappa shape index (κ2) is 11.5. The number of fused-ring (bicyclic) bond motifs is 1. The molecule has 0 aliphatic carbocycles. The van der Waals surface area contributed by atoms with Crippen LogP contribution in [-0.2, 0) is 20.0 Å². The van der Waals surface area contributed by atoms with Crippen LogP contribution < -0.4 is 5.56 Å². The van der Waals surface area contributed by atoms with Crippen LogP contribution in [-0.4, -0.2) is 30.1 Å². The van der Waals surface area contributed by atoms with E-state index in [1.165, 1.54) is 10.7 Å². The monoisotopic (exact) mass is 539 g/mol. The van der Waals surface area contributed by atoms with Gasteiger partial charge in [0, 0.05) is 42.6 Å². The quantitative estimate of drug-likeness (QED) is 0.234. The van der Waals surface area contributed by atoms with Gasteiger partial charge in [0.1, 0.15) is 11.4 Å². The molecule has 5 aromatic rings. The van der Waals surface area contributed by atoms with Crippen molar-refractivity contribution in [3.05, 3.63) is 129 Å². The van der Waals surface area contributed by atoms with Crippen LogP contribution in [0.2, 0.25) is 0 Å². The number of pyridine rings is 1. The molecular weight excluding hydrogens is 512 g/mol. The molecular formula is C31H27F2N5O2. The first-order valence-electron chi connectivity index (χ1n) is 12.9. The number of Topliss-reactive ketones (excluding diaryl/α,β-unsaturated/α-hetero) is 1. The number of benzene rings is 2. The van der Waals surface area contributed by atoms with E-state index in [1.807, 2.05) is 48.6 Å². The van der Waals surface area contributed by atoms with Crippen molar-refractivity contribution < 1.29 is 13.6 Å². The summed E-state index contributed by atoms with van der Waals surface area (Å²) in [7, 11) is 1.66. The highest BCUT2D eigenvalue weighted by atomic mass is 19.2. The molecule has 0 fully saturated rings. The van der Waals surface area contributed by atoms with Gasteiger partial charge in [-0.05, 0) is 60.9 Å². The molecule has 2 aromatic carbocycles. The average molecular weight is 540 g/mol. The predicted octanol–water partition coefficient (Wildman–Crippen LogP) is 5.43. The number of carbonyl (C=O) groups is 1. The molecule has 0 unspecified atom stereocenters. The van der Waals surface area contributed by atoms with Crippen LogP contribution in [0.25, 0.3) is 17.0 Å². The van der Waals surface area contributed by atoms with Gasteiger partial charge in [-0.2, -0.15) is 0 Å². The van der Waals surface area contributed by atoms with Crippen molar-refractivity contribution in [2.45, 2.75) is 32.7 Å². The molecule has 0 saturated heterocycles. The molecule has 202 valence electrons. The average Bonchev–Trinajstić information content (AvgIpc) is 3.16. The molecule has 0 bridgehead atoms. The Bertz CT molecular complexity index is 1790. The lowest BCUT2D eigenvalue weighted by atomic mass is 10.1. The summed E-state index contributed by atoms with van der Waals surface area (Å²) < 4.78 is 29.8. The third kappa shape index (κ3) is 5.78. The summed E-state index contributed by atoms with van der Waals surface area (Å²) >= 11 is 0. The Morgan fingerprint density at radius 2 is 1.88 bits per heavy atom. The summed E-state index contributed by atoms with van der Waals surface area (Å²) in [6.07, 6.45) is 8.54. The van der Waals surface area contributed by atoms with Crippen molar-refractivity contribution in [1.29, 1.82) is 0 Å². The molecule has 5 rings (SSSR count). The fourth-order valence-corrected chi connectivity index (χ4v) is 4.58. The van der Waals surface area contributed by atoms with E-state index in [-0.39, 0.29) is 24.3 Å². The van der Waals surface area contributed by atoms with Crippen molar-refractivity contribution in [2.75, 3.05) is 0 Å². The molecule has 0 spiro atoms. The van der Waals surface area contributed by atoms with Gasteiger partial charge in [0.25, 0.3) is 5.56 Å². The number of hydrogen-bond donors (Lipinski definition) is 0. The van der Waals surface area contributed by atoms with E-state index >= 15 is 0 Å². The van der Waals surface area contributed by atoms with Crippen LogP contribution in [0.3, 0.4) is 0 Å². The van der Waals surface area contributed by atoms with Gasteiger partial charge in [0.2, 0.25) is 0 Å². The number of carbonyl (C=O) groups excluding carboxylic acids is 1. The molecule has 0 aliphatic heterocycles. The van der Waals surface area contributed by atoms with Crippen LogP contribution in [0.1, 0.15) is 51.5 Å². The van der Waals surface area contributed by atoms with Gasteiger partial charge in [0.15, 0.2) is 17.4 Å². The van der Waals surface area contributed by atoms with Crippen LogP contribution >= 0.6 is 0 Å². The predicted molar refractivity (Wildman–Crippen MR) is 149 cm³/mol. The SMILES string of the molecule is Cc1c(C(=O)CC/C=C/c2ccc3nc(Cc4ccccn4)ncc3c2)c(=O)n(Cc2ccc(F)c(F)c2)n1C. The molecule has 7 nitrogen and oxygen atoms in total. The van der Waals surface area contributed by atoms with E-state index in [9.17, 15) is 18.4 Å². The minimum absolute atomic E-state index is 0.0247. The second-order valence-electron chi connectivity index (χ2n) is 9.56.